The molecule has 0 spiro atoms. The van der Waals surface area contributed by atoms with Crippen molar-refractivity contribution in [3.63, 3.8) is 0 Å². The summed E-state index contributed by atoms with van der Waals surface area (Å²) >= 11 is 0. The van der Waals surface area contributed by atoms with Crippen LogP contribution in [-0.4, -0.2) is 23.9 Å². The van der Waals surface area contributed by atoms with E-state index < -0.39 is 0 Å². The fraction of sp³-hybridized carbons (Fsp3) is 0.400. The number of amides is 1. The number of hydrogen-bond donors (Lipinski definition) is 0. The minimum Gasteiger partial charge on any atom is -0.338 e. The Labute approximate surface area is 103 Å². The molecule has 89 valence electrons. The molecule has 2 heteroatoms. The van der Waals surface area contributed by atoms with Gasteiger partial charge < -0.3 is 4.90 Å². The van der Waals surface area contributed by atoms with Crippen molar-refractivity contribution in [3.8, 4) is 0 Å². The van der Waals surface area contributed by atoms with E-state index in [2.05, 4.69) is 24.3 Å². The molecule has 1 aliphatic heterocycles. The van der Waals surface area contributed by atoms with Crippen molar-refractivity contribution >= 4 is 11.5 Å². The van der Waals surface area contributed by atoms with Crippen LogP contribution in [0.25, 0.3) is 5.57 Å². The molecule has 0 unspecified atom stereocenters. The number of nitrogens with zero attached hydrogens (tertiary/aromatic N) is 1. The van der Waals surface area contributed by atoms with Crippen LogP contribution in [0.5, 0.6) is 0 Å². The van der Waals surface area contributed by atoms with Gasteiger partial charge in [-0.3, -0.25) is 4.79 Å². The predicted octanol–water partition coefficient (Wildman–Crippen LogP) is 2.76. The molecular formula is C15H18NO. The van der Waals surface area contributed by atoms with Crippen molar-refractivity contribution < 1.29 is 4.79 Å². The summed E-state index contributed by atoms with van der Waals surface area (Å²) in [5, 5.41) is 0. The van der Waals surface area contributed by atoms with Crippen LogP contribution in [0.3, 0.4) is 0 Å². The molecule has 17 heavy (non-hydrogen) atoms. The Bertz CT molecular complexity index is 420. The van der Waals surface area contributed by atoms with Gasteiger partial charge in [-0.15, -0.1) is 0 Å². The van der Waals surface area contributed by atoms with Crippen molar-refractivity contribution in [2.24, 2.45) is 5.92 Å². The van der Waals surface area contributed by atoms with Crippen molar-refractivity contribution in [3.05, 3.63) is 42.0 Å². The van der Waals surface area contributed by atoms with E-state index in [1.54, 1.807) is 0 Å². The van der Waals surface area contributed by atoms with Crippen LogP contribution in [-0.2, 0) is 4.79 Å². The van der Waals surface area contributed by atoms with Gasteiger partial charge >= 0.3 is 0 Å². The average molecular weight is 228 g/mol. The Morgan fingerprint density at radius 1 is 1.35 bits per heavy atom. The lowest BCUT2D eigenvalue weighted by Crippen LogP contribution is -2.37. The Morgan fingerprint density at radius 3 is 2.59 bits per heavy atom. The third-order valence-electron chi connectivity index (χ3n) is 3.10. The maximum Gasteiger partial charge on any atom is 0.225 e. The first-order valence-corrected chi connectivity index (χ1v) is 6.13. The quantitative estimate of drug-likeness (QED) is 0.762. The summed E-state index contributed by atoms with van der Waals surface area (Å²) in [7, 11) is 0. The summed E-state index contributed by atoms with van der Waals surface area (Å²) in [5.41, 5.74) is 2.59. The molecule has 0 aromatic heterocycles. The first-order valence-electron chi connectivity index (χ1n) is 6.13. The highest BCUT2D eigenvalue weighted by Crippen LogP contribution is 2.22. The number of benzene rings is 1. The molecule has 1 radical (unpaired) electrons. The lowest BCUT2D eigenvalue weighted by atomic mass is 9.99. The second-order valence-electron chi connectivity index (χ2n) is 4.71. The molecule has 0 bridgehead atoms. The fourth-order valence-corrected chi connectivity index (χ4v) is 2.10. The molecule has 0 atom stereocenters. The van der Waals surface area contributed by atoms with Crippen molar-refractivity contribution in [1.82, 2.24) is 4.90 Å². The van der Waals surface area contributed by atoms with Gasteiger partial charge in [-0.2, -0.15) is 0 Å². The summed E-state index contributed by atoms with van der Waals surface area (Å²) in [6, 6.07) is 11.0. The zero-order chi connectivity index (χ0) is 12.3. The SMILES string of the molecule is CC(C)C(=O)N1CC=C(c2cc[c]cc2)CC1. The maximum atomic E-state index is 11.8. The molecule has 0 aliphatic carbocycles. The van der Waals surface area contributed by atoms with Crippen LogP contribution < -0.4 is 0 Å². The largest absolute Gasteiger partial charge is 0.338 e. The van der Waals surface area contributed by atoms with Gasteiger partial charge in [0.25, 0.3) is 0 Å². The minimum absolute atomic E-state index is 0.0938. The van der Waals surface area contributed by atoms with Crippen LogP contribution in [0.15, 0.2) is 30.3 Å². The van der Waals surface area contributed by atoms with Gasteiger partial charge in [-0.1, -0.05) is 44.2 Å². The fourth-order valence-electron chi connectivity index (χ4n) is 2.10. The number of carbonyl (C=O) groups is 1. The molecule has 1 aromatic carbocycles. The highest BCUT2D eigenvalue weighted by molar-refractivity contribution is 5.79. The summed E-state index contributed by atoms with van der Waals surface area (Å²) in [6.45, 7) is 5.48. The third kappa shape index (κ3) is 2.76. The van der Waals surface area contributed by atoms with Crippen LogP contribution in [0, 0.1) is 12.0 Å². The van der Waals surface area contributed by atoms with Gasteiger partial charge in [0, 0.05) is 19.0 Å². The summed E-state index contributed by atoms with van der Waals surface area (Å²) in [4.78, 5) is 13.8. The van der Waals surface area contributed by atoms with Crippen LogP contribution >= 0.6 is 0 Å². The molecule has 1 aliphatic rings. The molecule has 0 saturated heterocycles. The molecule has 1 amide bonds. The van der Waals surface area contributed by atoms with E-state index in [-0.39, 0.29) is 11.8 Å². The van der Waals surface area contributed by atoms with Gasteiger partial charge in [-0.25, -0.2) is 0 Å². The molecule has 1 aromatic rings. The number of carbonyl (C=O) groups excluding carboxylic acids is 1. The minimum atomic E-state index is 0.0938. The Morgan fingerprint density at radius 2 is 2.06 bits per heavy atom. The topological polar surface area (TPSA) is 20.3 Å². The Hall–Kier alpha value is -1.57. The summed E-state index contributed by atoms with van der Waals surface area (Å²) < 4.78 is 0. The maximum absolute atomic E-state index is 11.8. The van der Waals surface area contributed by atoms with E-state index in [4.69, 9.17) is 0 Å². The molecule has 2 nitrogen and oxygen atoms in total. The monoisotopic (exact) mass is 228 g/mol. The molecule has 0 N–H and O–H groups in total. The lowest BCUT2D eigenvalue weighted by Gasteiger charge is -2.28. The van der Waals surface area contributed by atoms with Gasteiger partial charge in [-0.05, 0) is 23.6 Å². The number of rotatable bonds is 2. The molecule has 0 saturated carbocycles. The smallest absolute Gasteiger partial charge is 0.225 e. The predicted molar refractivity (Wildman–Crippen MR) is 69.3 cm³/mol. The van der Waals surface area contributed by atoms with Gasteiger partial charge in [0.15, 0.2) is 0 Å². The van der Waals surface area contributed by atoms with Crippen LogP contribution in [0.1, 0.15) is 25.8 Å². The van der Waals surface area contributed by atoms with Gasteiger partial charge in [0.1, 0.15) is 0 Å². The van der Waals surface area contributed by atoms with Crippen LogP contribution in [0.2, 0.25) is 0 Å². The van der Waals surface area contributed by atoms with E-state index in [9.17, 15) is 4.79 Å². The average Bonchev–Trinajstić information content (AvgIpc) is 2.39. The van der Waals surface area contributed by atoms with Crippen LogP contribution in [0.4, 0.5) is 0 Å². The first kappa shape index (κ1) is 11.9. The van der Waals surface area contributed by atoms with E-state index in [1.165, 1.54) is 11.1 Å². The summed E-state index contributed by atoms with van der Waals surface area (Å²) in [6.07, 6.45) is 3.11. The highest BCUT2D eigenvalue weighted by atomic mass is 16.2. The normalized spacial score (nSPS) is 15.9. The molecule has 0 fully saturated rings. The van der Waals surface area contributed by atoms with E-state index >= 15 is 0 Å². The molecule has 1 heterocycles. The molecular weight excluding hydrogens is 210 g/mol. The summed E-state index contributed by atoms with van der Waals surface area (Å²) in [5.74, 6) is 0.345. The Balaban J connectivity index is 2.06. The van der Waals surface area contributed by atoms with Crippen molar-refractivity contribution in [1.29, 1.82) is 0 Å². The van der Waals surface area contributed by atoms with E-state index in [0.29, 0.717) is 0 Å². The second kappa shape index (κ2) is 5.17. The van der Waals surface area contributed by atoms with Crippen molar-refractivity contribution in [2.75, 3.05) is 13.1 Å². The first-order chi connectivity index (χ1) is 8.18. The lowest BCUT2D eigenvalue weighted by molar-refractivity contribution is -0.134. The van der Waals surface area contributed by atoms with E-state index in [1.807, 2.05) is 30.9 Å². The third-order valence-corrected chi connectivity index (χ3v) is 3.10. The molecule has 2 rings (SSSR count). The van der Waals surface area contributed by atoms with Crippen molar-refractivity contribution in [2.45, 2.75) is 20.3 Å². The number of hydrogen-bond acceptors (Lipinski definition) is 1. The van der Waals surface area contributed by atoms with Gasteiger partial charge in [0.05, 0.1) is 0 Å². The highest BCUT2D eigenvalue weighted by Gasteiger charge is 2.19. The second-order valence-corrected chi connectivity index (χ2v) is 4.71. The zero-order valence-corrected chi connectivity index (χ0v) is 10.4. The Kier molecular flexibility index (Phi) is 3.62. The zero-order valence-electron chi connectivity index (χ0n) is 10.4. The standard InChI is InChI=1S/C15H18NO/c1-12(2)15(17)16-10-8-14(9-11-16)13-6-4-3-5-7-13/h4-8,12H,9-11H2,1-2H3. The van der Waals surface area contributed by atoms with E-state index in [0.717, 1.165) is 19.5 Å². The van der Waals surface area contributed by atoms with Gasteiger partial charge in [0.2, 0.25) is 5.91 Å².